The van der Waals surface area contributed by atoms with Gasteiger partial charge >= 0.3 is 8.56 Å². The number of carbonyl (C=O) groups is 1. The Kier molecular flexibility index (Phi) is 31.3. The molecule has 1 fully saturated rings. The van der Waals surface area contributed by atoms with Gasteiger partial charge in [-0.1, -0.05) is 186 Å². The summed E-state index contributed by atoms with van der Waals surface area (Å²) in [5.74, 6) is 1.56. The van der Waals surface area contributed by atoms with Crippen LogP contribution in [0.5, 0.6) is 0 Å². The molecule has 1 aliphatic rings. The first-order chi connectivity index (χ1) is 22.1. The highest BCUT2D eigenvalue weighted by Crippen LogP contribution is 2.23. The average Bonchev–Trinajstić information content (AvgIpc) is 3.02. The minimum Gasteiger partial charge on any atom is -0.394 e. The van der Waals surface area contributed by atoms with Gasteiger partial charge in [-0.05, 0) is 44.2 Å². The Hall–Kier alpha value is 0.117. The van der Waals surface area contributed by atoms with Crippen LogP contribution in [0.15, 0.2) is 0 Å². The van der Waals surface area contributed by atoms with Crippen LogP contribution in [0.1, 0.15) is 206 Å². The van der Waals surface area contributed by atoms with Crippen molar-refractivity contribution < 1.29 is 13.7 Å². The van der Waals surface area contributed by atoms with E-state index >= 15 is 0 Å². The van der Waals surface area contributed by atoms with Gasteiger partial charge in [-0.25, -0.2) is 5.48 Å². The number of rotatable bonds is 32. The van der Waals surface area contributed by atoms with Crippen molar-refractivity contribution in [2.75, 3.05) is 18.9 Å². The van der Waals surface area contributed by atoms with Crippen LogP contribution >= 0.6 is 11.8 Å². The number of carbonyl (C=O) groups excluding carboxylic acids is 1. The predicted molar refractivity (Wildman–Crippen MR) is 202 cm³/mol. The first kappa shape index (κ1) is 43.1. The Bertz CT molecular complexity index is 627. The molecular formula is C39H79NO3SSi. The summed E-state index contributed by atoms with van der Waals surface area (Å²) in [7, 11) is -2.19. The van der Waals surface area contributed by atoms with E-state index < -0.39 is 8.56 Å². The van der Waals surface area contributed by atoms with Gasteiger partial charge in [0.2, 0.25) is 0 Å². The van der Waals surface area contributed by atoms with Crippen molar-refractivity contribution in [2.45, 2.75) is 219 Å². The Morgan fingerprint density at radius 2 is 1.09 bits per heavy atom. The van der Waals surface area contributed by atoms with Crippen molar-refractivity contribution in [3.8, 4) is 0 Å². The second kappa shape index (κ2) is 32.7. The van der Waals surface area contributed by atoms with E-state index in [9.17, 15) is 4.79 Å². The molecule has 1 aliphatic heterocycles. The molecule has 0 radical (unpaired) electrons. The van der Waals surface area contributed by atoms with Gasteiger partial charge in [0.25, 0.3) is 0 Å². The molecule has 1 saturated heterocycles. The fourth-order valence-corrected chi connectivity index (χ4v) is 9.77. The second-order valence-electron chi connectivity index (χ2n) is 14.4. The summed E-state index contributed by atoms with van der Waals surface area (Å²) in [6.45, 7) is 8.55. The summed E-state index contributed by atoms with van der Waals surface area (Å²) < 4.78 is 12.5. The fraction of sp³-hybridized carbons (Fsp3) is 0.974. The van der Waals surface area contributed by atoms with Gasteiger partial charge in [-0.3, -0.25) is 4.79 Å². The zero-order valence-corrected chi connectivity index (χ0v) is 32.6. The number of thioether (sulfide) groups is 1. The van der Waals surface area contributed by atoms with E-state index in [0.717, 1.165) is 50.6 Å². The van der Waals surface area contributed by atoms with Crippen LogP contribution in [0.3, 0.4) is 0 Å². The van der Waals surface area contributed by atoms with Gasteiger partial charge in [0.15, 0.2) is 5.12 Å². The third-order valence-corrected chi connectivity index (χ3v) is 13.5. The molecule has 0 amide bonds. The lowest BCUT2D eigenvalue weighted by atomic mass is 9.97. The van der Waals surface area contributed by atoms with Crippen molar-refractivity contribution in [2.24, 2.45) is 5.92 Å². The van der Waals surface area contributed by atoms with Gasteiger partial charge < -0.3 is 8.95 Å². The van der Waals surface area contributed by atoms with Gasteiger partial charge in [0.05, 0.1) is 0 Å². The van der Waals surface area contributed by atoms with Crippen LogP contribution < -0.4 is 5.48 Å². The van der Waals surface area contributed by atoms with E-state index in [1.165, 1.54) is 179 Å². The summed E-state index contributed by atoms with van der Waals surface area (Å²) in [6.07, 6.45) is 40.1. The average molecular weight is 670 g/mol. The smallest absolute Gasteiger partial charge is 0.355 e. The highest BCUT2D eigenvalue weighted by atomic mass is 32.2. The lowest BCUT2D eigenvalue weighted by Gasteiger charge is -2.31. The summed E-state index contributed by atoms with van der Waals surface area (Å²) >= 11 is 1.53. The number of hydrogen-bond donors (Lipinski definition) is 1. The van der Waals surface area contributed by atoms with Crippen LogP contribution in [0.25, 0.3) is 0 Å². The first-order valence-corrected chi connectivity index (χ1v) is 23.8. The van der Waals surface area contributed by atoms with E-state index in [1.807, 2.05) is 0 Å². The van der Waals surface area contributed by atoms with Gasteiger partial charge in [0, 0.05) is 25.3 Å². The largest absolute Gasteiger partial charge is 0.394 e. The lowest BCUT2D eigenvalue weighted by Crippen LogP contribution is -2.47. The second-order valence-corrected chi connectivity index (χ2v) is 18.8. The van der Waals surface area contributed by atoms with E-state index in [4.69, 9.17) is 8.95 Å². The molecule has 0 aromatic rings. The normalized spacial score (nSPS) is 19.0. The molecule has 0 aromatic carbocycles. The molecule has 0 saturated carbocycles. The number of nitrogens with one attached hydrogen (secondary N) is 1. The molecule has 2 unspecified atom stereocenters. The molecule has 45 heavy (non-hydrogen) atoms. The number of unbranched alkanes of at least 4 members (excludes halogenated alkanes) is 24. The first-order valence-electron chi connectivity index (χ1n) is 20.3. The number of hydrogen-bond acceptors (Lipinski definition) is 5. The Labute approximate surface area is 287 Å². The van der Waals surface area contributed by atoms with Crippen LogP contribution in [0.2, 0.25) is 12.6 Å². The zero-order chi connectivity index (χ0) is 32.5. The molecule has 1 heterocycles. The molecule has 0 bridgehead atoms. The van der Waals surface area contributed by atoms with E-state index in [2.05, 4.69) is 25.9 Å². The van der Waals surface area contributed by atoms with Crippen molar-refractivity contribution in [1.29, 1.82) is 0 Å². The predicted octanol–water partition coefficient (Wildman–Crippen LogP) is 13.2. The molecule has 268 valence electrons. The van der Waals surface area contributed by atoms with Gasteiger partial charge in [0.1, 0.15) is 0 Å². The molecule has 0 spiro atoms. The summed E-state index contributed by atoms with van der Waals surface area (Å²) in [6, 6.07) is 0.961. The zero-order valence-electron chi connectivity index (χ0n) is 30.8. The Morgan fingerprint density at radius 1 is 0.644 bits per heavy atom. The Balaban J connectivity index is 1.91. The standard InChI is InChI=1S/C39H79NO3SSi/c1-4-6-8-10-12-14-16-18-20-22-24-26-28-31-38-33-34-42-45(3,43-40-37-38)36-30-35-44-39(41)32-29-27-25-23-21-19-17-15-13-11-9-7-5-2/h38,40H,4-37H2,1-3H3. The van der Waals surface area contributed by atoms with Crippen LogP contribution in [0.4, 0.5) is 0 Å². The van der Waals surface area contributed by atoms with Gasteiger partial charge in [-0.2, -0.15) is 0 Å². The van der Waals surface area contributed by atoms with Crippen LogP contribution in [-0.2, 0) is 13.7 Å². The molecule has 6 heteroatoms. The van der Waals surface area contributed by atoms with E-state index in [-0.39, 0.29) is 0 Å². The van der Waals surface area contributed by atoms with Crippen molar-refractivity contribution in [1.82, 2.24) is 5.48 Å². The number of hydroxylamine groups is 1. The summed E-state index contributed by atoms with van der Waals surface area (Å²) in [5.41, 5.74) is 3.31. The minimum atomic E-state index is -2.19. The molecule has 0 aliphatic carbocycles. The summed E-state index contributed by atoms with van der Waals surface area (Å²) in [4.78, 5) is 12.3. The van der Waals surface area contributed by atoms with Crippen molar-refractivity contribution in [3.63, 3.8) is 0 Å². The van der Waals surface area contributed by atoms with Crippen LogP contribution in [0, 0.1) is 5.92 Å². The monoisotopic (exact) mass is 670 g/mol. The fourth-order valence-electron chi connectivity index (χ4n) is 6.64. The minimum absolute atomic E-state index is 0.374. The molecular weight excluding hydrogens is 591 g/mol. The molecule has 2 atom stereocenters. The quantitative estimate of drug-likeness (QED) is 0.0570. The Morgan fingerprint density at radius 3 is 1.58 bits per heavy atom. The molecule has 0 aromatic heterocycles. The van der Waals surface area contributed by atoms with Crippen LogP contribution in [-0.4, -0.2) is 32.6 Å². The maximum absolute atomic E-state index is 12.3. The topological polar surface area (TPSA) is 47.6 Å². The van der Waals surface area contributed by atoms with Crippen molar-refractivity contribution in [3.05, 3.63) is 0 Å². The van der Waals surface area contributed by atoms with Crippen molar-refractivity contribution >= 4 is 25.4 Å². The molecule has 4 nitrogen and oxygen atoms in total. The highest BCUT2D eigenvalue weighted by Gasteiger charge is 2.33. The lowest BCUT2D eigenvalue weighted by molar-refractivity contribution is -0.111. The maximum atomic E-state index is 12.3. The molecule has 1 N–H and O–H groups in total. The maximum Gasteiger partial charge on any atom is 0.355 e. The summed E-state index contributed by atoms with van der Waals surface area (Å²) in [5, 5.41) is 0.374. The van der Waals surface area contributed by atoms with E-state index in [1.54, 1.807) is 0 Å². The molecule has 1 rings (SSSR count). The highest BCUT2D eigenvalue weighted by molar-refractivity contribution is 8.13. The van der Waals surface area contributed by atoms with E-state index in [0.29, 0.717) is 11.0 Å². The third kappa shape index (κ3) is 28.8. The van der Waals surface area contributed by atoms with Gasteiger partial charge in [-0.15, -0.1) is 0 Å². The third-order valence-electron chi connectivity index (χ3n) is 9.83. The SMILES string of the molecule is CCCCCCCCCCCCCCCC(=O)SCCC[Si]1(C)OCCC(CCCCCCCCCCCCCCC)CNO1.